The number of rotatable bonds is 6. The SMILES string of the molecule is CCNc1ncnc(NCC2CCCCO2)c1[N+](=O)[O-]. The number of nitrogens with zero attached hydrogens (tertiary/aromatic N) is 3. The van der Waals surface area contributed by atoms with Gasteiger partial charge in [-0.1, -0.05) is 0 Å². The molecule has 1 fully saturated rings. The summed E-state index contributed by atoms with van der Waals surface area (Å²) in [5, 5.41) is 17.1. The van der Waals surface area contributed by atoms with Crippen molar-refractivity contribution in [2.24, 2.45) is 0 Å². The van der Waals surface area contributed by atoms with E-state index >= 15 is 0 Å². The molecule has 1 aromatic heterocycles. The molecule has 20 heavy (non-hydrogen) atoms. The number of hydrogen-bond acceptors (Lipinski definition) is 7. The number of hydrogen-bond donors (Lipinski definition) is 2. The minimum absolute atomic E-state index is 0.0842. The average Bonchev–Trinajstić information content (AvgIpc) is 2.46. The van der Waals surface area contributed by atoms with E-state index in [1.165, 1.54) is 6.33 Å². The summed E-state index contributed by atoms with van der Waals surface area (Å²) >= 11 is 0. The second-order valence-electron chi connectivity index (χ2n) is 4.58. The van der Waals surface area contributed by atoms with Gasteiger partial charge in [-0.25, -0.2) is 9.97 Å². The summed E-state index contributed by atoms with van der Waals surface area (Å²) < 4.78 is 5.59. The Kier molecular flexibility index (Phi) is 5.05. The molecule has 8 nitrogen and oxygen atoms in total. The molecule has 0 bridgehead atoms. The van der Waals surface area contributed by atoms with E-state index in [4.69, 9.17) is 4.74 Å². The third kappa shape index (κ3) is 3.53. The van der Waals surface area contributed by atoms with Crippen LogP contribution < -0.4 is 10.6 Å². The van der Waals surface area contributed by atoms with Gasteiger partial charge in [0.15, 0.2) is 0 Å². The highest BCUT2D eigenvalue weighted by molar-refractivity contribution is 5.69. The van der Waals surface area contributed by atoms with Crippen LogP contribution >= 0.6 is 0 Å². The third-order valence-electron chi connectivity index (χ3n) is 3.12. The smallest absolute Gasteiger partial charge is 0.353 e. The summed E-state index contributed by atoms with van der Waals surface area (Å²) in [4.78, 5) is 18.6. The molecule has 2 N–H and O–H groups in total. The van der Waals surface area contributed by atoms with Crippen LogP contribution in [-0.2, 0) is 4.74 Å². The molecule has 0 radical (unpaired) electrons. The van der Waals surface area contributed by atoms with Crippen LogP contribution in [0.15, 0.2) is 6.33 Å². The maximum absolute atomic E-state index is 11.2. The maximum atomic E-state index is 11.2. The first-order valence-electron chi connectivity index (χ1n) is 6.81. The van der Waals surface area contributed by atoms with E-state index < -0.39 is 4.92 Å². The number of nitrogens with one attached hydrogen (secondary N) is 2. The van der Waals surface area contributed by atoms with Gasteiger partial charge in [0.2, 0.25) is 11.6 Å². The van der Waals surface area contributed by atoms with Crippen molar-refractivity contribution in [2.45, 2.75) is 32.3 Å². The number of anilines is 2. The molecular formula is C12H19N5O3. The monoisotopic (exact) mass is 281 g/mol. The van der Waals surface area contributed by atoms with Gasteiger partial charge in [-0.15, -0.1) is 0 Å². The molecule has 1 aliphatic heterocycles. The van der Waals surface area contributed by atoms with Crippen molar-refractivity contribution < 1.29 is 9.66 Å². The lowest BCUT2D eigenvalue weighted by molar-refractivity contribution is -0.383. The number of nitro groups is 1. The van der Waals surface area contributed by atoms with Crippen LogP contribution in [0.4, 0.5) is 17.3 Å². The molecule has 1 aliphatic rings. The van der Waals surface area contributed by atoms with Crippen molar-refractivity contribution in [3.8, 4) is 0 Å². The fourth-order valence-electron chi connectivity index (χ4n) is 2.16. The van der Waals surface area contributed by atoms with Gasteiger partial charge in [-0.05, 0) is 26.2 Å². The quantitative estimate of drug-likeness (QED) is 0.605. The zero-order valence-corrected chi connectivity index (χ0v) is 11.5. The lowest BCUT2D eigenvalue weighted by Crippen LogP contribution is -2.27. The molecule has 0 aromatic carbocycles. The Balaban J connectivity index is 2.09. The standard InChI is InChI=1S/C12H19N5O3/c1-2-13-11-10(17(18)19)12(16-8-15-11)14-7-9-5-3-4-6-20-9/h8-9H,2-7H2,1H3,(H2,13,14,15,16). The largest absolute Gasteiger partial charge is 0.376 e. The average molecular weight is 281 g/mol. The Morgan fingerprint density at radius 1 is 1.40 bits per heavy atom. The minimum atomic E-state index is -0.470. The predicted molar refractivity (Wildman–Crippen MR) is 74.9 cm³/mol. The second kappa shape index (κ2) is 6.99. The molecule has 0 spiro atoms. The lowest BCUT2D eigenvalue weighted by atomic mass is 10.1. The van der Waals surface area contributed by atoms with Crippen molar-refractivity contribution in [1.29, 1.82) is 0 Å². The van der Waals surface area contributed by atoms with Gasteiger partial charge in [-0.2, -0.15) is 0 Å². The van der Waals surface area contributed by atoms with E-state index in [2.05, 4.69) is 20.6 Å². The first kappa shape index (κ1) is 14.4. The van der Waals surface area contributed by atoms with E-state index in [9.17, 15) is 10.1 Å². The van der Waals surface area contributed by atoms with Crippen LogP contribution in [0.1, 0.15) is 26.2 Å². The van der Waals surface area contributed by atoms with Gasteiger partial charge in [0.25, 0.3) is 0 Å². The summed E-state index contributed by atoms with van der Waals surface area (Å²) in [6.45, 7) is 3.68. The van der Waals surface area contributed by atoms with Gasteiger partial charge in [0.05, 0.1) is 11.0 Å². The Morgan fingerprint density at radius 2 is 2.15 bits per heavy atom. The molecule has 1 aromatic rings. The predicted octanol–water partition coefficient (Wildman–Crippen LogP) is 1.80. The highest BCUT2D eigenvalue weighted by Gasteiger charge is 2.23. The Hall–Kier alpha value is -1.96. The van der Waals surface area contributed by atoms with Gasteiger partial charge in [0, 0.05) is 19.7 Å². The van der Waals surface area contributed by atoms with Crippen molar-refractivity contribution in [1.82, 2.24) is 9.97 Å². The van der Waals surface area contributed by atoms with Crippen molar-refractivity contribution in [3.63, 3.8) is 0 Å². The first-order valence-corrected chi connectivity index (χ1v) is 6.81. The van der Waals surface area contributed by atoms with Gasteiger partial charge >= 0.3 is 5.69 Å². The molecule has 0 amide bonds. The number of ether oxygens (including phenoxy) is 1. The van der Waals surface area contributed by atoms with E-state index in [0.717, 1.165) is 25.9 Å². The van der Waals surface area contributed by atoms with Gasteiger partial charge < -0.3 is 15.4 Å². The van der Waals surface area contributed by atoms with E-state index in [1.54, 1.807) is 0 Å². The Labute approximate surface area is 117 Å². The van der Waals surface area contributed by atoms with Crippen LogP contribution in [0.3, 0.4) is 0 Å². The maximum Gasteiger partial charge on any atom is 0.353 e. The molecule has 1 saturated heterocycles. The normalized spacial score (nSPS) is 18.6. The van der Waals surface area contributed by atoms with E-state index in [0.29, 0.717) is 13.1 Å². The summed E-state index contributed by atoms with van der Waals surface area (Å²) in [6.07, 6.45) is 4.57. The lowest BCUT2D eigenvalue weighted by Gasteiger charge is -2.22. The Morgan fingerprint density at radius 3 is 2.75 bits per heavy atom. The molecule has 8 heteroatoms. The molecule has 0 saturated carbocycles. The topological polar surface area (TPSA) is 102 Å². The first-order chi connectivity index (χ1) is 9.72. The van der Waals surface area contributed by atoms with Crippen LogP contribution in [0.25, 0.3) is 0 Å². The summed E-state index contributed by atoms with van der Waals surface area (Å²) in [5.41, 5.74) is -0.120. The Bertz CT molecular complexity index is 462. The third-order valence-corrected chi connectivity index (χ3v) is 3.12. The molecule has 1 unspecified atom stereocenters. The van der Waals surface area contributed by atoms with E-state index in [1.807, 2.05) is 6.92 Å². The van der Waals surface area contributed by atoms with E-state index in [-0.39, 0.29) is 23.4 Å². The zero-order chi connectivity index (χ0) is 14.4. The molecule has 2 rings (SSSR count). The summed E-state index contributed by atoms with van der Waals surface area (Å²) in [7, 11) is 0. The summed E-state index contributed by atoms with van der Waals surface area (Å²) in [6, 6.07) is 0. The highest BCUT2D eigenvalue weighted by atomic mass is 16.6. The molecule has 0 aliphatic carbocycles. The van der Waals surface area contributed by atoms with Crippen LogP contribution in [0.5, 0.6) is 0 Å². The number of aromatic nitrogens is 2. The highest BCUT2D eigenvalue weighted by Crippen LogP contribution is 2.28. The fourth-order valence-corrected chi connectivity index (χ4v) is 2.16. The van der Waals surface area contributed by atoms with Crippen molar-refractivity contribution in [3.05, 3.63) is 16.4 Å². The van der Waals surface area contributed by atoms with Crippen LogP contribution in [0, 0.1) is 10.1 Å². The van der Waals surface area contributed by atoms with Gasteiger partial charge in [-0.3, -0.25) is 10.1 Å². The summed E-state index contributed by atoms with van der Waals surface area (Å²) in [5.74, 6) is 0.467. The minimum Gasteiger partial charge on any atom is -0.376 e. The van der Waals surface area contributed by atoms with Crippen molar-refractivity contribution >= 4 is 17.3 Å². The molecule has 2 heterocycles. The van der Waals surface area contributed by atoms with Crippen LogP contribution in [0.2, 0.25) is 0 Å². The second-order valence-corrected chi connectivity index (χ2v) is 4.58. The van der Waals surface area contributed by atoms with Crippen LogP contribution in [-0.4, -0.2) is 40.7 Å². The fraction of sp³-hybridized carbons (Fsp3) is 0.667. The zero-order valence-electron chi connectivity index (χ0n) is 11.5. The van der Waals surface area contributed by atoms with Crippen molar-refractivity contribution in [2.75, 3.05) is 30.3 Å². The van der Waals surface area contributed by atoms with Gasteiger partial charge in [0.1, 0.15) is 6.33 Å². The molecule has 1 atom stereocenters. The molecule has 110 valence electrons. The molecular weight excluding hydrogens is 262 g/mol.